The van der Waals surface area contributed by atoms with E-state index in [2.05, 4.69) is 15.9 Å². The molecule has 2 heterocycles. The highest BCUT2D eigenvalue weighted by Gasteiger charge is 2.61. The van der Waals surface area contributed by atoms with Gasteiger partial charge in [0, 0.05) is 11.9 Å². The number of carbonyl (C=O) groups is 1. The maximum Gasteiger partial charge on any atom is 0.328 e. The van der Waals surface area contributed by atoms with Crippen LogP contribution < -0.4 is 0 Å². The van der Waals surface area contributed by atoms with Gasteiger partial charge in [0.2, 0.25) is 10.0 Å². The van der Waals surface area contributed by atoms with E-state index in [4.69, 9.17) is 39.5 Å². The molecule has 2 rings (SSSR count). The second-order valence-electron chi connectivity index (χ2n) is 4.46. The van der Waals surface area contributed by atoms with Gasteiger partial charge in [-0.1, -0.05) is 62.9 Å². The van der Waals surface area contributed by atoms with Crippen molar-refractivity contribution in [3.8, 4) is 0 Å². The van der Waals surface area contributed by atoms with Crippen LogP contribution in [-0.2, 0) is 9.53 Å². The van der Waals surface area contributed by atoms with Gasteiger partial charge in [0.05, 0.1) is 0 Å². The van der Waals surface area contributed by atoms with Crippen molar-refractivity contribution in [3.05, 3.63) is 12.2 Å². The Morgan fingerprint density at radius 3 is 2.83 bits per heavy atom. The highest BCUT2D eigenvalue weighted by atomic mass is 79.9. The Hall–Kier alpha value is 0.520. The third-order valence-electron chi connectivity index (χ3n) is 3.41. The minimum Gasteiger partial charge on any atom is -0.440 e. The molecule has 0 radical (unpaired) electrons. The fourth-order valence-corrected chi connectivity index (χ4v) is 3.37. The Balaban J connectivity index is 2.23. The van der Waals surface area contributed by atoms with E-state index in [1.807, 2.05) is 17.1 Å². The summed E-state index contributed by atoms with van der Waals surface area (Å²) in [5, 5.41) is 0.756. The van der Waals surface area contributed by atoms with E-state index < -0.39 is 15.6 Å². The van der Waals surface area contributed by atoms with E-state index in [1.165, 1.54) is 0 Å². The van der Waals surface area contributed by atoms with Gasteiger partial charge in [-0.2, -0.15) is 0 Å². The number of carbonyl (C=O) groups excluding carboxylic acids is 1. The van der Waals surface area contributed by atoms with Crippen molar-refractivity contribution in [1.29, 1.82) is 0 Å². The largest absolute Gasteiger partial charge is 0.440 e. The summed E-state index contributed by atoms with van der Waals surface area (Å²) >= 11 is 21.0. The molecule has 2 atom stereocenters. The first-order chi connectivity index (χ1) is 8.42. The highest BCUT2D eigenvalue weighted by molar-refractivity contribution is 9.09. The van der Waals surface area contributed by atoms with Crippen LogP contribution in [0, 0.1) is 0 Å². The molecule has 2 saturated heterocycles. The molecule has 2 aliphatic heterocycles. The first kappa shape index (κ1) is 14.9. The molecule has 0 spiro atoms. The zero-order chi connectivity index (χ0) is 13.4. The van der Waals surface area contributed by atoms with Crippen LogP contribution in [0.2, 0.25) is 0 Å². The fourth-order valence-electron chi connectivity index (χ4n) is 2.62. The van der Waals surface area contributed by atoms with Crippen LogP contribution in [0.4, 0.5) is 0 Å². The SMILES string of the molecule is O=C1OC(C(Cl)(Cl)Cl)N2CCC[C@]12C/C=C/CBr. The monoisotopic (exact) mass is 375 g/mol. The average molecular weight is 377 g/mol. The lowest BCUT2D eigenvalue weighted by Crippen LogP contribution is -2.48. The van der Waals surface area contributed by atoms with Crippen molar-refractivity contribution >= 4 is 56.7 Å². The zero-order valence-corrected chi connectivity index (χ0v) is 13.4. The first-order valence-electron chi connectivity index (χ1n) is 5.67. The number of hydrogen-bond acceptors (Lipinski definition) is 3. The molecule has 18 heavy (non-hydrogen) atoms. The van der Waals surface area contributed by atoms with Crippen LogP contribution in [0.3, 0.4) is 0 Å². The van der Waals surface area contributed by atoms with Gasteiger partial charge in [0.25, 0.3) is 0 Å². The number of ether oxygens (including phenoxy) is 1. The molecule has 0 aromatic heterocycles. The van der Waals surface area contributed by atoms with Crippen LogP contribution in [0.1, 0.15) is 19.3 Å². The van der Waals surface area contributed by atoms with E-state index in [0.717, 1.165) is 18.2 Å². The molecule has 0 bridgehead atoms. The van der Waals surface area contributed by atoms with Gasteiger partial charge in [-0.15, -0.1) is 0 Å². The number of halogens is 4. The molecule has 0 aromatic carbocycles. The number of hydrogen-bond donors (Lipinski definition) is 0. The quantitative estimate of drug-likeness (QED) is 0.429. The van der Waals surface area contributed by atoms with Crippen molar-refractivity contribution in [2.75, 3.05) is 11.9 Å². The van der Waals surface area contributed by atoms with Crippen LogP contribution in [0.5, 0.6) is 0 Å². The Morgan fingerprint density at radius 2 is 2.22 bits per heavy atom. The molecule has 2 aliphatic rings. The lowest BCUT2D eigenvalue weighted by molar-refractivity contribution is -0.145. The van der Waals surface area contributed by atoms with Gasteiger partial charge >= 0.3 is 5.97 Å². The normalized spacial score (nSPS) is 33.1. The van der Waals surface area contributed by atoms with E-state index in [-0.39, 0.29) is 5.97 Å². The van der Waals surface area contributed by atoms with Crippen molar-refractivity contribution in [2.45, 2.75) is 34.8 Å². The summed E-state index contributed by atoms with van der Waals surface area (Å²) in [6, 6.07) is 0. The van der Waals surface area contributed by atoms with Crippen LogP contribution in [0.25, 0.3) is 0 Å². The summed E-state index contributed by atoms with van der Waals surface area (Å²) in [6.07, 6.45) is 5.39. The summed E-state index contributed by atoms with van der Waals surface area (Å²) in [7, 11) is 0. The molecule has 0 aliphatic carbocycles. The fraction of sp³-hybridized carbons (Fsp3) is 0.727. The van der Waals surface area contributed by atoms with E-state index in [1.54, 1.807) is 0 Å². The second kappa shape index (κ2) is 5.49. The Morgan fingerprint density at radius 1 is 1.50 bits per heavy atom. The molecule has 0 N–H and O–H groups in total. The van der Waals surface area contributed by atoms with Gasteiger partial charge < -0.3 is 4.74 Å². The summed E-state index contributed by atoms with van der Waals surface area (Å²) < 4.78 is 3.66. The number of fused-ring (bicyclic) bond motifs is 1. The van der Waals surface area contributed by atoms with Gasteiger partial charge in [-0.05, 0) is 19.3 Å². The Labute approximate surface area is 129 Å². The number of esters is 1. The van der Waals surface area contributed by atoms with Crippen molar-refractivity contribution < 1.29 is 9.53 Å². The van der Waals surface area contributed by atoms with Gasteiger partial charge in [0.15, 0.2) is 0 Å². The number of rotatable bonds is 3. The molecule has 2 fully saturated rings. The molecule has 0 saturated carbocycles. The van der Waals surface area contributed by atoms with E-state index in [0.29, 0.717) is 13.0 Å². The summed E-state index contributed by atoms with van der Waals surface area (Å²) in [4.78, 5) is 14.0. The third-order valence-corrected chi connectivity index (χ3v) is 4.35. The predicted molar refractivity (Wildman–Crippen MR) is 76.4 cm³/mol. The van der Waals surface area contributed by atoms with E-state index in [9.17, 15) is 4.79 Å². The minimum atomic E-state index is -1.61. The minimum absolute atomic E-state index is 0.282. The van der Waals surface area contributed by atoms with Crippen LogP contribution in [-0.4, -0.2) is 38.3 Å². The van der Waals surface area contributed by atoms with Gasteiger partial charge in [-0.3, -0.25) is 0 Å². The molecule has 0 amide bonds. The summed E-state index contributed by atoms with van der Waals surface area (Å²) in [6.45, 7) is 0.715. The molecular formula is C11H13BrCl3NO2. The van der Waals surface area contributed by atoms with Crippen molar-refractivity contribution in [2.24, 2.45) is 0 Å². The van der Waals surface area contributed by atoms with Crippen molar-refractivity contribution in [3.63, 3.8) is 0 Å². The first-order valence-corrected chi connectivity index (χ1v) is 7.93. The molecule has 7 heteroatoms. The standard InChI is InChI=1S/C11H13BrCl3NO2/c12-6-2-1-4-10-5-3-7-16(10)8(11(13,14)15)18-9(10)17/h1-2,8H,3-7H2/b2-1+/t8?,10-/m1/s1. The summed E-state index contributed by atoms with van der Waals surface area (Å²) in [5.74, 6) is -0.282. The molecule has 0 aromatic rings. The highest BCUT2D eigenvalue weighted by Crippen LogP contribution is 2.48. The maximum atomic E-state index is 12.1. The lowest BCUT2D eigenvalue weighted by atomic mass is 9.92. The number of alkyl halides is 4. The molecular weight excluding hydrogens is 364 g/mol. The topological polar surface area (TPSA) is 29.5 Å². The zero-order valence-electron chi connectivity index (χ0n) is 9.54. The predicted octanol–water partition coefficient (Wildman–Crippen LogP) is 3.42. The lowest BCUT2D eigenvalue weighted by Gasteiger charge is -2.31. The van der Waals surface area contributed by atoms with Crippen LogP contribution in [0.15, 0.2) is 12.2 Å². The third kappa shape index (κ3) is 2.55. The Kier molecular flexibility index (Phi) is 4.55. The van der Waals surface area contributed by atoms with E-state index >= 15 is 0 Å². The average Bonchev–Trinajstić information content (AvgIpc) is 2.78. The molecule has 102 valence electrons. The van der Waals surface area contributed by atoms with Gasteiger partial charge in [0.1, 0.15) is 5.54 Å². The molecule has 3 nitrogen and oxygen atoms in total. The maximum absolute atomic E-state index is 12.1. The van der Waals surface area contributed by atoms with Gasteiger partial charge in [-0.25, -0.2) is 9.69 Å². The number of nitrogens with zero attached hydrogens (tertiary/aromatic N) is 1. The molecule has 1 unspecified atom stereocenters. The smallest absolute Gasteiger partial charge is 0.328 e. The van der Waals surface area contributed by atoms with Crippen LogP contribution >= 0.6 is 50.7 Å². The number of allylic oxidation sites excluding steroid dienone is 1. The number of cyclic esters (lactones) is 1. The second-order valence-corrected chi connectivity index (χ2v) is 7.47. The Bertz CT molecular complexity index is 372. The van der Waals surface area contributed by atoms with Crippen molar-refractivity contribution in [1.82, 2.24) is 4.90 Å². The summed E-state index contributed by atoms with van der Waals surface area (Å²) in [5.41, 5.74) is -0.646.